The zero-order valence-electron chi connectivity index (χ0n) is 15.1. The van der Waals surface area contributed by atoms with Crippen LogP contribution in [0.4, 0.5) is 0 Å². The first-order valence-corrected chi connectivity index (χ1v) is 9.25. The van der Waals surface area contributed by atoms with Crippen molar-refractivity contribution >= 4 is 5.65 Å². The summed E-state index contributed by atoms with van der Waals surface area (Å²) < 4.78 is 2.28. The standard InChI is InChI=1S/C21H26N4/c1-3-17-6-8-18(9-7-17)20-19(15-24-13-10-22-11-14-24)25-12-4-5-16(2)21(25)23-20/h4-9,12,22H,3,10-11,13-15H2,1-2H3. The number of aryl methyl sites for hydroxylation is 2. The molecule has 1 fully saturated rings. The molecule has 0 radical (unpaired) electrons. The summed E-state index contributed by atoms with van der Waals surface area (Å²) in [7, 11) is 0. The van der Waals surface area contributed by atoms with E-state index in [-0.39, 0.29) is 0 Å². The van der Waals surface area contributed by atoms with Crippen molar-refractivity contribution in [3.05, 3.63) is 59.4 Å². The fraction of sp³-hybridized carbons (Fsp3) is 0.381. The van der Waals surface area contributed by atoms with Crippen LogP contribution in [-0.2, 0) is 13.0 Å². The molecule has 130 valence electrons. The fourth-order valence-electron chi connectivity index (χ4n) is 3.61. The molecule has 1 aliphatic heterocycles. The van der Waals surface area contributed by atoms with Gasteiger partial charge < -0.3 is 9.72 Å². The van der Waals surface area contributed by atoms with E-state index < -0.39 is 0 Å². The molecule has 4 nitrogen and oxygen atoms in total. The Balaban J connectivity index is 1.80. The lowest BCUT2D eigenvalue weighted by molar-refractivity contribution is 0.230. The molecule has 25 heavy (non-hydrogen) atoms. The quantitative estimate of drug-likeness (QED) is 0.795. The van der Waals surface area contributed by atoms with Crippen molar-refractivity contribution in [2.75, 3.05) is 26.2 Å². The van der Waals surface area contributed by atoms with Crippen LogP contribution in [0.2, 0.25) is 0 Å². The molecule has 2 aromatic heterocycles. The highest BCUT2D eigenvalue weighted by Gasteiger charge is 2.19. The molecule has 3 aromatic rings. The van der Waals surface area contributed by atoms with Crippen LogP contribution in [0.3, 0.4) is 0 Å². The van der Waals surface area contributed by atoms with Crippen LogP contribution >= 0.6 is 0 Å². The Hall–Kier alpha value is -2.17. The number of hydrogen-bond donors (Lipinski definition) is 1. The summed E-state index contributed by atoms with van der Waals surface area (Å²) in [6, 6.07) is 13.1. The van der Waals surface area contributed by atoms with E-state index in [0.717, 1.165) is 50.5 Å². The number of fused-ring (bicyclic) bond motifs is 1. The molecule has 0 unspecified atom stereocenters. The van der Waals surface area contributed by atoms with Crippen LogP contribution in [0.1, 0.15) is 23.7 Å². The second-order valence-electron chi connectivity index (χ2n) is 6.87. The van der Waals surface area contributed by atoms with Gasteiger partial charge >= 0.3 is 0 Å². The maximum absolute atomic E-state index is 5.02. The van der Waals surface area contributed by atoms with Gasteiger partial charge in [-0.2, -0.15) is 0 Å². The molecule has 1 aromatic carbocycles. The highest BCUT2D eigenvalue weighted by molar-refractivity contribution is 5.68. The fourth-order valence-corrected chi connectivity index (χ4v) is 3.61. The van der Waals surface area contributed by atoms with Crippen LogP contribution < -0.4 is 5.32 Å². The topological polar surface area (TPSA) is 32.6 Å². The first kappa shape index (κ1) is 16.3. The number of hydrogen-bond acceptors (Lipinski definition) is 3. The number of benzene rings is 1. The predicted octanol–water partition coefficient (Wildman–Crippen LogP) is 3.28. The summed E-state index contributed by atoms with van der Waals surface area (Å²) in [5.74, 6) is 0. The van der Waals surface area contributed by atoms with Gasteiger partial charge in [0.25, 0.3) is 0 Å². The normalized spacial score (nSPS) is 15.8. The van der Waals surface area contributed by atoms with E-state index in [1.165, 1.54) is 22.4 Å². The number of piperazine rings is 1. The van der Waals surface area contributed by atoms with Crippen molar-refractivity contribution in [3.63, 3.8) is 0 Å². The predicted molar refractivity (Wildman–Crippen MR) is 103 cm³/mol. The van der Waals surface area contributed by atoms with E-state index >= 15 is 0 Å². The summed E-state index contributed by atoms with van der Waals surface area (Å²) in [5, 5.41) is 3.44. The maximum Gasteiger partial charge on any atom is 0.140 e. The first-order valence-electron chi connectivity index (χ1n) is 9.25. The van der Waals surface area contributed by atoms with Crippen molar-refractivity contribution in [2.45, 2.75) is 26.8 Å². The van der Waals surface area contributed by atoms with Crippen molar-refractivity contribution < 1.29 is 0 Å². The van der Waals surface area contributed by atoms with Crippen molar-refractivity contribution in [2.24, 2.45) is 0 Å². The number of nitrogens with one attached hydrogen (secondary N) is 1. The minimum absolute atomic E-state index is 0.942. The van der Waals surface area contributed by atoms with E-state index in [4.69, 9.17) is 4.98 Å². The van der Waals surface area contributed by atoms with Crippen molar-refractivity contribution in [1.29, 1.82) is 0 Å². The SMILES string of the molecule is CCc1ccc(-c2nc3c(C)cccn3c2CN2CCNCC2)cc1. The molecule has 1 saturated heterocycles. The van der Waals surface area contributed by atoms with Crippen LogP contribution in [0.5, 0.6) is 0 Å². The van der Waals surface area contributed by atoms with Gasteiger partial charge in [0.05, 0.1) is 11.4 Å². The van der Waals surface area contributed by atoms with Gasteiger partial charge in [0.2, 0.25) is 0 Å². The van der Waals surface area contributed by atoms with Crippen LogP contribution in [-0.4, -0.2) is 40.5 Å². The minimum Gasteiger partial charge on any atom is -0.314 e. The van der Waals surface area contributed by atoms with E-state index in [1.807, 2.05) is 0 Å². The first-order chi connectivity index (χ1) is 12.3. The van der Waals surface area contributed by atoms with Gasteiger partial charge in [-0.1, -0.05) is 37.3 Å². The van der Waals surface area contributed by atoms with Crippen LogP contribution in [0, 0.1) is 6.92 Å². The van der Waals surface area contributed by atoms with Gasteiger partial charge in [-0.05, 0) is 30.5 Å². The minimum atomic E-state index is 0.942. The highest BCUT2D eigenvalue weighted by Crippen LogP contribution is 2.27. The Morgan fingerprint density at radius 2 is 1.84 bits per heavy atom. The molecule has 4 rings (SSSR count). The zero-order chi connectivity index (χ0) is 17.2. The van der Waals surface area contributed by atoms with E-state index in [1.54, 1.807) is 0 Å². The molecule has 1 aliphatic rings. The van der Waals surface area contributed by atoms with E-state index in [0.29, 0.717) is 0 Å². The van der Waals surface area contributed by atoms with Gasteiger partial charge in [-0.25, -0.2) is 4.98 Å². The third kappa shape index (κ3) is 3.20. The Kier molecular flexibility index (Phi) is 4.55. The summed E-state index contributed by atoms with van der Waals surface area (Å²) >= 11 is 0. The van der Waals surface area contributed by atoms with Crippen molar-refractivity contribution in [1.82, 2.24) is 19.6 Å². The molecule has 1 N–H and O–H groups in total. The summed E-state index contributed by atoms with van der Waals surface area (Å²) in [5.41, 5.74) is 7.29. The Labute approximate surface area is 149 Å². The van der Waals surface area contributed by atoms with Crippen molar-refractivity contribution in [3.8, 4) is 11.3 Å². The average molecular weight is 334 g/mol. The number of aromatic nitrogens is 2. The molecular weight excluding hydrogens is 308 g/mol. The van der Waals surface area contributed by atoms with Gasteiger partial charge in [0.1, 0.15) is 5.65 Å². The van der Waals surface area contributed by atoms with E-state index in [9.17, 15) is 0 Å². The number of rotatable bonds is 4. The third-order valence-corrected chi connectivity index (χ3v) is 5.16. The number of pyridine rings is 1. The zero-order valence-corrected chi connectivity index (χ0v) is 15.1. The molecule has 0 spiro atoms. The summed E-state index contributed by atoms with van der Waals surface area (Å²) in [6.07, 6.45) is 3.22. The molecule has 0 atom stereocenters. The molecular formula is C21H26N4. The lowest BCUT2D eigenvalue weighted by Crippen LogP contribution is -2.43. The van der Waals surface area contributed by atoms with Gasteiger partial charge in [-0.15, -0.1) is 0 Å². The largest absolute Gasteiger partial charge is 0.314 e. The summed E-state index contributed by atoms with van der Waals surface area (Å²) in [4.78, 5) is 7.54. The number of nitrogens with zero attached hydrogens (tertiary/aromatic N) is 3. The lowest BCUT2D eigenvalue weighted by Gasteiger charge is -2.27. The van der Waals surface area contributed by atoms with Gasteiger partial charge in [0.15, 0.2) is 0 Å². The molecule has 0 saturated carbocycles. The molecule has 0 bridgehead atoms. The third-order valence-electron chi connectivity index (χ3n) is 5.16. The van der Waals surface area contributed by atoms with Gasteiger partial charge in [-0.3, -0.25) is 4.90 Å². The summed E-state index contributed by atoms with van der Waals surface area (Å²) in [6.45, 7) is 9.59. The molecule has 3 heterocycles. The Morgan fingerprint density at radius 1 is 1.08 bits per heavy atom. The molecule has 0 amide bonds. The smallest absolute Gasteiger partial charge is 0.140 e. The molecule has 4 heteroatoms. The Morgan fingerprint density at radius 3 is 2.56 bits per heavy atom. The second-order valence-corrected chi connectivity index (χ2v) is 6.87. The molecule has 0 aliphatic carbocycles. The monoisotopic (exact) mass is 334 g/mol. The highest BCUT2D eigenvalue weighted by atomic mass is 15.2. The van der Waals surface area contributed by atoms with Crippen LogP contribution in [0.15, 0.2) is 42.6 Å². The van der Waals surface area contributed by atoms with Crippen LogP contribution in [0.25, 0.3) is 16.9 Å². The van der Waals surface area contributed by atoms with E-state index in [2.05, 4.69) is 71.1 Å². The second kappa shape index (κ2) is 6.98. The van der Waals surface area contributed by atoms with Gasteiger partial charge in [0, 0.05) is 44.5 Å². The lowest BCUT2D eigenvalue weighted by atomic mass is 10.1. The average Bonchev–Trinajstić information content (AvgIpc) is 3.03. The maximum atomic E-state index is 5.02. The Bertz CT molecular complexity index is 857. The number of imidazole rings is 1.